The fourth-order valence-electron chi connectivity index (χ4n) is 3.44. The van der Waals surface area contributed by atoms with Crippen molar-refractivity contribution >= 4 is 17.2 Å². The van der Waals surface area contributed by atoms with Crippen LogP contribution >= 0.6 is 11.3 Å². The van der Waals surface area contributed by atoms with E-state index in [1.807, 2.05) is 36.6 Å². The lowest BCUT2D eigenvalue weighted by atomic mass is 10.1. The first kappa shape index (κ1) is 24.5. The Bertz CT molecular complexity index is 1270. The summed E-state index contributed by atoms with van der Waals surface area (Å²) >= 11 is 1.29. The van der Waals surface area contributed by atoms with Gasteiger partial charge in [-0.05, 0) is 49.1 Å². The monoisotopic (exact) mass is 500 g/mol. The van der Waals surface area contributed by atoms with Crippen LogP contribution in [0.1, 0.15) is 27.3 Å². The number of aromatic nitrogens is 3. The summed E-state index contributed by atoms with van der Waals surface area (Å²) in [5, 5.41) is 8.14. The van der Waals surface area contributed by atoms with E-state index in [0.717, 1.165) is 17.6 Å². The van der Waals surface area contributed by atoms with Crippen LogP contribution in [0.2, 0.25) is 0 Å². The molecule has 182 valence electrons. The summed E-state index contributed by atoms with van der Waals surface area (Å²) in [5.74, 6) is -0.420. The number of hydrogen-bond acceptors (Lipinski definition) is 5. The van der Waals surface area contributed by atoms with Crippen molar-refractivity contribution in [2.24, 2.45) is 0 Å². The van der Waals surface area contributed by atoms with Crippen molar-refractivity contribution in [1.29, 1.82) is 0 Å². The molecule has 0 saturated heterocycles. The predicted molar refractivity (Wildman–Crippen MR) is 128 cm³/mol. The van der Waals surface area contributed by atoms with Crippen LogP contribution < -0.4 is 10.1 Å². The van der Waals surface area contributed by atoms with Gasteiger partial charge in [0.1, 0.15) is 21.3 Å². The third-order valence-electron chi connectivity index (χ3n) is 5.18. The third-order valence-corrected chi connectivity index (χ3v) is 6.35. The molecule has 0 saturated carbocycles. The van der Waals surface area contributed by atoms with Crippen molar-refractivity contribution in [3.63, 3.8) is 0 Å². The molecular formula is C25H23F3N4O2S. The Hall–Kier alpha value is -3.66. The minimum atomic E-state index is -4.71. The number of nitrogens with zero attached hydrogens (tertiary/aromatic N) is 3. The van der Waals surface area contributed by atoms with Crippen LogP contribution in [0.4, 0.5) is 13.2 Å². The second-order valence-corrected chi connectivity index (χ2v) is 8.82. The molecule has 35 heavy (non-hydrogen) atoms. The molecular weight excluding hydrogens is 477 g/mol. The number of thiazole rings is 1. The van der Waals surface area contributed by atoms with Crippen molar-refractivity contribution in [2.45, 2.75) is 32.7 Å². The molecule has 0 bridgehead atoms. The average Bonchev–Trinajstić information content (AvgIpc) is 3.35. The van der Waals surface area contributed by atoms with E-state index in [1.54, 1.807) is 23.7 Å². The Labute approximate surface area is 204 Å². The number of hydrogen-bond donors (Lipinski definition) is 1. The molecule has 0 aliphatic heterocycles. The normalized spacial score (nSPS) is 13.4. The summed E-state index contributed by atoms with van der Waals surface area (Å²) < 4.78 is 42.5. The minimum Gasteiger partial charge on any atom is -0.406 e. The summed E-state index contributed by atoms with van der Waals surface area (Å²) in [6, 6.07) is 7.61. The molecule has 2 aromatic heterocycles. The van der Waals surface area contributed by atoms with Gasteiger partial charge >= 0.3 is 6.36 Å². The highest BCUT2D eigenvalue weighted by atomic mass is 32.1. The number of carbonyl (C=O) groups is 1. The van der Waals surface area contributed by atoms with Crippen LogP contribution in [0.3, 0.4) is 0 Å². The number of amides is 1. The first-order chi connectivity index (χ1) is 16.8. The Balaban J connectivity index is 1.34. The van der Waals surface area contributed by atoms with Gasteiger partial charge in [0.25, 0.3) is 5.91 Å². The lowest BCUT2D eigenvalue weighted by Crippen LogP contribution is -2.25. The number of rotatable bonds is 8. The second kappa shape index (κ2) is 10.7. The largest absolute Gasteiger partial charge is 0.573 e. The van der Waals surface area contributed by atoms with Gasteiger partial charge in [-0.25, -0.2) is 4.98 Å². The van der Waals surface area contributed by atoms with Gasteiger partial charge in [0, 0.05) is 19.3 Å². The van der Waals surface area contributed by atoms with Gasteiger partial charge in [-0.15, -0.1) is 24.5 Å². The quantitative estimate of drug-likeness (QED) is 0.435. The molecule has 1 N–H and O–H groups in total. The smallest absolute Gasteiger partial charge is 0.406 e. The highest BCUT2D eigenvalue weighted by Crippen LogP contribution is 2.27. The molecule has 0 unspecified atom stereocenters. The zero-order valence-corrected chi connectivity index (χ0v) is 19.7. The highest BCUT2D eigenvalue weighted by molar-refractivity contribution is 7.17. The highest BCUT2D eigenvalue weighted by Gasteiger charge is 2.30. The third kappa shape index (κ3) is 6.92. The lowest BCUT2D eigenvalue weighted by Gasteiger charge is -2.09. The molecule has 0 atom stereocenters. The van der Waals surface area contributed by atoms with Crippen molar-refractivity contribution in [3.8, 4) is 16.5 Å². The van der Waals surface area contributed by atoms with E-state index in [-0.39, 0.29) is 11.7 Å². The number of alkyl halides is 3. The van der Waals surface area contributed by atoms with Gasteiger partial charge in [-0.3, -0.25) is 9.48 Å². The maximum atomic E-state index is 12.7. The molecule has 0 radical (unpaired) electrons. The van der Waals surface area contributed by atoms with Gasteiger partial charge in [-0.2, -0.15) is 5.10 Å². The number of allylic oxidation sites excluding steroid dienone is 4. The zero-order chi connectivity index (χ0) is 24.8. The second-order valence-electron chi connectivity index (χ2n) is 7.82. The van der Waals surface area contributed by atoms with Crippen molar-refractivity contribution in [1.82, 2.24) is 20.1 Å². The van der Waals surface area contributed by atoms with Crippen LogP contribution in [-0.4, -0.2) is 33.6 Å². The summed E-state index contributed by atoms with van der Waals surface area (Å²) in [4.78, 5) is 17.8. The Morgan fingerprint density at radius 3 is 2.77 bits per heavy atom. The van der Waals surface area contributed by atoms with E-state index >= 15 is 0 Å². The van der Waals surface area contributed by atoms with Crippen molar-refractivity contribution in [3.05, 3.63) is 88.6 Å². The fraction of sp³-hybridized carbons (Fsp3) is 0.240. The Kier molecular flexibility index (Phi) is 7.50. The fourth-order valence-corrected chi connectivity index (χ4v) is 4.38. The van der Waals surface area contributed by atoms with Crippen molar-refractivity contribution < 1.29 is 22.7 Å². The molecule has 1 amide bonds. The van der Waals surface area contributed by atoms with E-state index in [4.69, 9.17) is 0 Å². The van der Waals surface area contributed by atoms with E-state index in [0.29, 0.717) is 40.8 Å². The van der Waals surface area contributed by atoms with E-state index in [9.17, 15) is 18.0 Å². The molecule has 10 heteroatoms. The topological polar surface area (TPSA) is 69.0 Å². The molecule has 6 nitrogen and oxygen atoms in total. The van der Waals surface area contributed by atoms with Crippen LogP contribution in [0, 0.1) is 6.92 Å². The lowest BCUT2D eigenvalue weighted by molar-refractivity contribution is -0.274. The van der Waals surface area contributed by atoms with Gasteiger partial charge in [-0.1, -0.05) is 42.5 Å². The summed E-state index contributed by atoms with van der Waals surface area (Å²) in [6.45, 7) is 2.78. The molecule has 3 aromatic rings. The average molecular weight is 501 g/mol. The number of nitrogens with one attached hydrogen (secondary N) is 1. The Morgan fingerprint density at radius 2 is 2.00 bits per heavy atom. The molecule has 1 aliphatic rings. The molecule has 0 fully saturated rings. The summed E-state index contributed by atoms with van der Waals surface area (Å²) in [6.07, 6.45) is 8.55. The minimum absolute atomic E-state index is 0.171. The number of benzene rings is 1. The van der Waals surface area contributed by atoms with Crippen LogP contribution in [0.15, 0.2) is 72.5 Å². The standard InChI is InChI=1S/C25H23F3N4O2S/c1-17-22(23(33)29-16-19-6-4-2-3-5-7-19)35-24(30-17)21-13-15-32(31-21)14-12-18-8-10-20(11-9-18)34-25(26,27)28/h2-4,6-11,13,15H,5,12,14,16H2,1H3,(H,29,33). The first-order valence-electron chi connectivity index (χ1n) is 10.9. The molecule has 0 spiro atoms. The van der Waals surface area contributed by atoms with E-state index in [2.05, 4.69) is 26.2 Å². The Morgan fingerprint density at radius 1 is 1.20 bits per heavy atom. The van der Waals surface area contributed by atoms with Gasteiger partial charge in [0.15, 0.2) is 0 Å². The SMILES string of the molecule is Cc1nc(-c2ccn(CCc3ccc(OC(F)(F)F)cc3)n2)sc1C(=O)NCC1=CCC=CC=C1. The molecule has 2 heterocycles. The summed E-state index contributed by atoms with van der Waals surface area (Å²) in [7, 11) is 0. The number of aryl methyl sites for hydroxylation is 3. The zero-order valence-electron chi connectivity index (χ0n) is 18.9. The molecule has 4 rings (SSSR count). The molecule has 1 aliphatic carbocycles. The van der Waals surface area contributed by atoms with Gasteiger partial charge in [0.05, 0.1) is 5.69 Å². The number of carbonyl (C=O) groups excluding carboxylic acids is 1. The maximum Gasteiger partial charge on any atom is 0.573 e. The summed E-state index contributed by atoms with van der Waals surface area (Å²) in [5.41, 5.74) is 3.21. The van der Waals surface area contributed by atoms with Crippen LogP contribution in [0.25, 0.3) is 10.7 Å². The molecule has 1 aromatic carbocycles. The van der Waals surface area contributed by atoms with Gasteiger partial charge < -0.3 is 10.1 Å². The van der Waals surface area contributed by atoms with Crippen LogP contribution in [-0.2, 0) is 13.0 Å². The predicted octanol–water partition coefficient (Wildman–Crippen LogP) is 5.63. The number of halogens is 3. The maximum absolute atomic E-state index is 12.7. The van der Waals surface area contributed by atoms with Crippen molar-refractivity contribution in [2.75, 3.05) is 6.54 Å². The number of ether oxygens (including phenoxy) is 1. The van der Waals surface area contributed by atoms with E-state index in [1.165, 1.54) is 23.5 Å². The first-order valence-corrected chi connectivity index (χ1v) is 11.7. The van der Waals surface area contributed by atoms with Crippen LogP contribution in [0.5, 0.6) is 5.75 Å². The van der Waals surface area contributed by atoms with E-state index < -0.39 is 6.36 Å². The van der Waals surface area contributed by atoms with Gasteiger partial charge in [0.2, 0.25) is 0 Å².